The quantitative estimate of drug-likeness (QED) is 0.333. The van der Waals surface area contributed by atoms with E-state index in [1.807, 2.05) is 0 Å². The number of pyridine rings is 1. The highest BCUT2D eigenvalue weighted by molar-refractivity contribution is 7.90. The number of nitrogens with two attached hydrogens (primary N) is 1. The highest BCUT2D eigenvalue weighted by Gasteiger charge is 2.31. The molecule has 9 nitrogen and oxygen atoms in total. The van der Waals surface area contributed by atoms with Gasteiger partial charge in [-0.2, -0.15) is 8.42 Å². The van der Waals surface area contributed by atoms with E-state index >= 15 is 0 Å². The van der Waals surface area contributed by atoms with Gasteiger partial charge in [-0.25, -0.2) is 4.39 Å². The molecule has 3 aromatic rings. The van der Waals surface area contributed by atoms with Crippen molar-refractivity contribution in [3.8, 4) is 5.75 Å². The third-order valence-corrected chi connectivity index (χ3v) is 7.25. The van der Waals surface area contributed by atoms with Gasteiger partial charge in [-0.3, -0.25) is 10.2 Å². The molecule has 0 spiro atoms. The predicted molar refractivity (Wildman–Crippen MR) is 122 cm³/mol. The van der Waals surface area contributed by atoms with Crippen LogP contribution >= 0.6 is 0 Å². The summed E-state index contributed by atoms with van der Waals surface area (Å²) in [5.41, 5.74) is 5.15. The Bertz CT molecular complexity index is 1540. The van der Waals surface area contributed by atoms with E-state index < -0.39 is 27.1 Å². The summed E-state index contributed by atoms with van der Waals surface area (Å²) in [4.78, 5) is 13.2. The topological polar surface area (TPSA) is 151 Å². The standard InChI is InChI=1S/C22H20FN5O4S/c23-13-4-6-16-14(10-13)19(29)18(22(30)28(16)8-7-11-1-2-11)21-26-15-5-3-12(20(24)25)9-17(15)33(31,32)27-21/h3-6,9-11,29H,1-2,7-8H2,(H3,24,25)(H,26,27). The van der Waals surface area contributed by atoms with Crippen molar-refractivity contribution in [1.82, 2.24) is 4.57 Å². The number of fused-ring (bicyclic) bond motifs is 2. The van der Waals surface area contributed by atoms with E-state index in [4.69, 9.17) is 11.1 Å². The third-order valence-electron chi connectivity index (χ3n) is 5.93. The van der Waals surface area contributed by atoms with Crippen molar-refractivity contribution in [2.24, 2.45) is 16.0 Å². The van der Waals surface area contributed by atoms with Gasteiger partial charge >= 0.3 is 0 Å². The van der Waals surface area contributed by atoms with Crippen molar-refractivity contribution >= 4 is 38.3 Å². The van der Waals surface area contributed by atoms with Crippen molar-refractivity contribution in [3.63, 3.8) is 0 Å². The highest BCUT2D eigenvalue weighted by atomic mass is 32.2. The van der Waals surface area contributed by atoms with Crippen molar-refractivity contribution in [1.29, 1.82) is 5.41 Å². The van der Waals surface area contributed by atoms with Gasteiger partial charge in [0.2, 0.25) is 0 Å². The molecule has 11 heteroatoms. The molecule has 2 aliphatic rings. The molecule has 0 unspecified atom stereocenters. The molecule has 0 amide bonds. The summed E-state index contributed by atoms with van der Waals surface area (Å²) >= 11 is 0. The molecule has 0 atom stereocenters. The Morgan fingerprint density at radius 2 is 2.03 bits per heavy atom. The Morgan fingerprint density at radius 1 is 1.27 bits per heavy atom. The number of benzene rings is 2. The SMILES string of the molecule is N=C(N)c1ccc2c(c1)S(=O)(=O)N=C(c1c(O)c3cc(F)ccc3n(CCC3CC3)c1=O)N2. The molecule has 170 valence electrons. The van der Waals surface area contributed by atoms with Crippen LogP contribution in [0.15, 0.2) is 50.5 Å². The summed E-state index contributed by atoms with van der Waals surface area (Å²) < 4.78 is 44.9. The number of sulfonamides is 1. The molecule has 1 aliphatic carbocycles. The number of anilines is 1. The minimum atomic E-state index is -4.28. The van der Waals surface area contributed by atoms with Gasteiger partial charge in [0.25, 0.3) is 15.6 Å². The molecule has 1 aromatic heterocycles. The zero-order valence-corrected chi connectivity index (χ0v) is 18.1. The van der Waals surface area contributed by atoms with E-state index in [0.29, 0.717) is 18.0 Å². The third kappa shape index (κ3) is 3.63. The number of amidine groups is 2. The molecule has 0 saturated heterocycles. The first-order valence-electron chi connectivity index (χ1n) is 10.3. The number of aryl methyl sites for hydroxylation is 1. The summed E-state index contributed by atoms with van der Waals surface area (Å²) in [5.74, 6) is -1.31. The first-order valence-corrected chi connectivity index (χ1v) is 11.8. The zero-order valence-electron chi connectivity index (χ0n) is 17.3. The van der Waals surface area contributed by atoms with Crippen molar-refractivity contribution < 1.29 is 17.9 Å². The summed E-state index contributed by atoms with van der Waals surface area (Å²) in [6.45, 7) is 0.345. The molecular formula is C22H20FN5O4S. The van der Waals surface area contributed by atoms with Gasteiger partial charge in [0.05, 0.1) is 11.2 Å². The van der Waals surface area contributed by atoms with E-state index in [1.54, 1.807) is 0 Å². The highest BCUT2D eigenvalue weighted by Crippen LogP contribution is 2.35. The van der Waals surface area contributed by atoms with Gasteiger partial charge in [0, 0.05) is 17.5 Å². The molecule has 33 heavy (non-hydrogen) atoms. The average molecular weight is 469 g/mol. The molecule has 0 bridgehead atoms. The van der Waals surface area contributed by atoms with Gasteiger partial charge in [-0.1, -0.05) is 12.8 Å². The fourth-order valence-electron chi connectivity index (χ4n) is 4.00. The van der Waals surface area contributed by atoms with Crippen molar-refractivity contribution in [2.45, 2.75) is 30.7 Å². The number of nitrogens with zero attached hydrogens (tertiary/aromatic N) is 2. The van der Waals surface area contributed by atoms with Crippen LogP contribution in [0.4, 0.5) is 10.1 Å². The van der Waals surface area contributed by atoms with Crippen molar-refractivity contribution in [2.75, 3.05) is 5.32 Å². The van der Waals surface area contributed by atoms with Crippen LogP contribution in [0.3, 0.4) is 0 Å². The maximum absolute atomic E-state index is 14.0. The van der Waals surface area contributed by atoms with Gasteiger partial charge < -0.3 is 20.7 Å². The Kier molecular flexibility index (Phi) is 4.74. The summed E-state index contributed by atoms with van der Waals surface area (Å²) in [5, 5.41) is 21.3. The summed E-state index contributed by atoms with van der Waals surface area (Å²) in [6.07, 6.45) is 2.90. The number of hydrogen-bond acceptors (Lipinski definition) is 6. The monoisotopic (exact) mass is 469 g/mol. The van der Waals surface area contributed by atoms with Crippen LogP contribution in [0, 0.1) is 17.1 Å². The minimum absolute atomic E-state index is 0.0834. The Labute approximate surface area is 187 Å². The molecule has 2 heterocycles. The summed E-state index contributed by atoms with van der Waals surface area (Å²) in [6, 6.07) is 7.81. The second-order valence-electron chi connectivity index (χ2n) is 8.24. The first kappa shape index (κ1) is 21.1. The molecular weight excluding hydrogens is 449 g/mol. The summed E-state index contributed by atoms with van der Waals surface area (Å²) in [7, 11) is -4.28. The van der Waals surface area contributed by atoms with E-state index in [1.165, 1.54) is 34.9 Å². The Morgan fingerprint density at radius 3 is 2.73 bits per heavy atom. The van der Waals surface area contributed by atoms with Crippen LogP contribution in [0.2, 0.25) is 0 Å². The second-order valence-corrected chi connectivity index (χ2v) is 9.81. The number of aromatic hydroxyl groups is 1. The number of nitrogens with one attached hydrogen (secondary N) is 2. The van der Waals surface area contributed by atoms with Crippen LogP contribution in [-0.4, -0.2) is 29.8 Å². The van der Waals surface area contributed by atoms with Crippen LogP contribution in [0.5, 0.6) is 5.75 Å². The Hall–Kier alpha value is -3.73. The van der Waals surface area contributed by atoms with Gasteiger partial charge in [-0.05, 0) is 48.7 Å². The molecule has 1 saturated carbocycles. The number of nitrogen functional groups attached to an aromatic ring is 1. The fraction of sp³-hybridized carbons (Fsp3) is 0.227. The van der Waals surface area contributed by atoms with Gasteiger partial charge in [0.1, 0.15) is 27.9 Å². The number of halogens is 1. The molecule has 0 radical (unpaired) electrons. The van der Waals surface area contributed by atoms with E-state index in [0.717, 1.165) is 25.3 Å². The maximum atomic E-state index is 14.0. The maximum Gasteiger partial charge on any atom is 0.286 e. The molecule has 5 rings (SSSR count). The zero-order chi connectivity index (χ0) is 23.5. The minimum Gasteiger partial charge on any atom is -0.506 e. The van der Waals surface area contributed by atoms with E-state index in [-0.39, 0.29) is 38.8 Å². The van der Waals surface area contributed by atoms with E-state index in [9.17, 15) is 22.7 Å². The second kappa shape index (κ2) is 7.41. The number of aromatic nitrogens is 1. The fourth-order valence-corrected chi connectivity index (χ4v) is 5.15. The lowest BCUT2D eigenvalue weighted by Gasteiger charge is -2.21. The number of rotatable bonds is 5. The molecule has 1 aliphatic heterocycles. The van der Waals surface area contributed by atoms with Gasteiger partial charge in [-0.15, -0.1) is 4.40 Å². The van der Waals surface area contributed by atoms with Gasteiger partial charge in [0.15, 0.2) is 5.84 Å². The lowest BCUT2D eigenvalue weighted by atomic mass is 10.1. The molecule has 2 aromatic carbocycles. The van der Waals surface area contributed by atoms with Crippen LogP contribution in [0.1, 0.15) is 30.4 Å². The Balaban J connectivity index is 1.71. The predicted octanol–water partition coefficient (Wildman–Crippen LogP) is 2.49. The smallest absolute Gasteiger partial charge is 0.286 e. The average Bonchev–Trinajstić information content (AvgIpc) is 3.58. The number of hydrogen-bond donors (Lipinski definition) is 4. The lowest BCUT2D eigenvalue weighted by molar-refractivity contribution is 0.476. The molecule has 5 N–H and O–H groups in total. The molecule has 1 fully saturated rings. The van der Waals surface area contributed by atoms with Crippen LogP contribution in [0.25, 0.3) is 10.9 Å². The van der Waals surface area contributed by atoms with Crippen molar-refractivity contribution in [3.05, 3.63) is 63.7 Å². The van der Waals surface area contributed by atoms with E-state index in [2.05, 4.69) is 9.71 Å². The first-order chi connectivity index (χ1) is 15.7. The largest absolute Gasteiger partial charge is 0.506 e. The van der Waals surface area contributed by atoms with Crippen LogP contribution < -0.4 is 16.6 Å². The lowest BCUT2D eigenvalue weighted by Crippen LogP contribution is -2.33. The normalized spacial score (nSPS) is 16.7. The van der Waals surface area contributed by atoms with Crippen LogP contribution in [-0.2, 0) is 16.6 Å².